The Morgan fingerprint density at radius 2 is 2.05 bits per heavy atom. The summed E-state index contributed by atoms with van der Waals surface area (Å²) in [5.74, 6) is 1.45. The van der Waals surface area contributed by atoms with Gasteiger partial charge in [-0.05, 0) is 62.1 Å². The average Bonchev–Trinajstić information content (AvgIpc) is 2.42. The monoisotopic (exact) mass is 272 g/mol. The summed E-state index contributed by atoms with van der Waals surface area (Å²) in [5.41, 5.74) is 9.03. The van der Waals surface area contributed by atoms with E-state index in [1.807, 2.05) is 19.1 Å². The van der Waals surface area contributed by atoms with Gasteiger partial charge in [-0.1, -0.05) is 13.8 Å². The number of nitrogens with two attached hydrogens (primary N) is 1. The molecule has 1 heterocycles. The molecule has 1 aromatic heterocycles. The van der Waals surface area contributed by atoms with Gasteiger partial charge in [-0.3, -0.25) is 4.98 Å². The fraction of sp³-hybridized carbons (Fsp3) is 0.471. The number of nitrogens with zero attached hydrogens (tertiary/aromatic N) is 1. The molecular formula is C17H24N2O. The van der Waals surface area contributed by atoms with Gasteiger partial charge in [-0.25, -0.2) is 0 Å². The van der Waals surface area contributed by atoms with Crippen LogP contribution in [0.1, 0.15) is 31.5 Å². The largest absolute Gasteiger partial charge is 0.493 e. The van der Waals surface area contributed by atoms with Crippen molar-refractivity contribution in [2.45, 2.75) is 33.6 Å². The van der Waals surface area contributed by atoms with Crippen molar-refractivity contribution in [1.29, 1.82) is 0 Å². The van der Waals surface area contributed by atoms with Gasteiger partial charge >= 0.3 is 0 Å². The lowest BCUT2D eigenvalue weighted by Gasteiger charge is -2.12. The van der Waals surface area contributed by atoms with Crippen molar-refractivity contribution in [2.75, 3.05) is 13.2 Å². The third-order valence-corrected chi connectivity index (χ3v) is 3.23. The molecule has 0 aliphatic carbocycles. The minimum atomic E-state index is 0.526. The molecule has 3 nitrogen and oxygen atoms in total. The number of ether oxygens (including phenoxy) is 1. The second-order valence-electron chi connectivity index (χ2n) is 5.70. The van der Waals surface area contributed by atoms with E-state index in [1.165, 1.54) is 10.9 Å². The highest BCUT2D eigenvalue weighted by molar-refractivity contribution is 5.84. The van der Waals surface area contributed by atoms with Crippen molar-refractivity contribution in [1.82, 2.24) is 4.98 Å². The van der Waals surface area contributed by atoms with Crippen LogP contribution in [-0.4, -0.2) is 18.1 Å². The van der Waals surface area contributed by atoms with E-state index in [9.17, 15) is 0 Å². The molecule has 2 rings (SSSR count). The first kappa shape index (κ1) is 14.8. The van der Waals surface area contributed by atoms with Crippen LogP contribution in [0.2, 0.25) is 0 Å². The van der Waals surface area contributed by atoms with Crippen LogP contribution in [0.3, 0.4) is 0 Å². The van der Waals surface area contributed by atoms with Crippen molar-refractivity contribution in [3.63, 3.8) is 0 Å². The molecular weight excluding hydrogens is 248 g/mol. The van der Waals surface area contributed by atoms with Crippen LogP contribution in [0.5, 0.6) is 5.75 Å². The number of aryl methyl sites for hydroxylation is 2. The summed E-state index contributed by atoms with van der Waals surface area (Å²) in [6.07, 6.45) is 1.99. The Morgan fingerprint density at radius 1 is 1.25 bits per heavy atom. The summed E-state index contributed by atoms with van der Waals surface area (Å²) in [4.78, 5) is 4.59. The van der Waals surface area contributed by atoms with Gasteiger partial charge in [0.2, 0.25) is 0 Å². The number of rotatable bonds is 6. The quantitative estimate of drug-likeness (QED) is 0.876. The van der Waals surface area contributed by atoms with Crippen LogP contribution in [0.25, 0.3) is 10.9 Å². The predicted octanol–water partition coefficient (Wildman–Crippen LogP) is 3.47. The van der Waals surface area contributed by atoms with E-state index in [4.69, 9.17) is 10.5 Å². The van der Waals surface area contributed by atoms with Crippen molar-refractivity contribution in [2.24, 2.45) is 11.7 Å². The summed E-state index contributed by atoms with van der Waals surface area (Å²) in [6, 6.07) is 8.31. The maximum Gasteiger partial charge on any atom is 0.120 e. The highest BCUT2D eigenvalue weighted by Gasteiger charge is 2.06. The fourth-order valence-electron chi connectivity index (χ4n) is 2.27. The zero-order chi connectivity index (χ0) is 14.5. The predicted molar refractivity (Wildman–Crippen MR) is 84.2 cm³/mol. The lowest BCUT2D eigenvalue weighted by atomic mass is 10.0. The molecule has 0 fully saturated rings. The number of aromatic nitrogens is 1. The first-order valence-corrected chi connectivity index (χ1v) is 7.33. The third-order valence-electron chi connectivity index (χ3n) is 3.23. The van der Waals surface area contributed by atoms with Gasteiger partial charge in [0.15, 0.2) is 0 Å². The molecule has 0 amide bonds. The summed E-state index contributed by atoms with van der Waals surface area (Å²) < 4.78 is 5.81. The zero-order valence-corrected chi connectivity index (χ0v) is 12.6. The average molecular weight is 272 g/mol. The Hall–Kier alpha value is -1.61. The van der Waals surface area contributed by atoms with E-state index in [2.05, 4.69) is 31.0 Å². The van der Waals surface area contributed by atoms with E-state index >= 15 is 0 Å². The number of pyridine rings is 1. The van der Waals surface area contributed by atoms with Gasteiger partial charge in [-0.15, -0.1) is 0 Å². The highest BCUT2D eigenvalue weighted by Crippen LogP contribution is 2.25. The van der Waals surface area contributed by atoms with E-state index in [-0.39, 0.29) is 0 Å². The summed E-state index contributed by atoms with van der Waals surface area (Å²) in [6.45, 7) is 7.79. The Labute approximate surface area is 121 Å². The smallest absolute Gasteiger partial charge is 0.120 e. The number of benzene rings is 1. The molecule has 0 radical (unpaired) electrons. The molecule has 0 aliphatic rings. The summed E-state index contributed by atoms with van der Waals surface area (Å²) >= 11 is 0. The molecule has 0 saturated heterocycles. The lowest BCUT2D eigenvalue weighted by molar-refractivity contribution is 0.271. The molecule has 108 valence electrons. The van der Waals surface area contributed by atoms with Gasteiger partial charge in [0.05, 0.1) is 12.1 Å². The Bertz CT molecular complexity index is 578. The van der Waals surface area contributed by atoms with Crippen LogP contribution < -0.4 is 10.5 Å². The molecule has 0 spiro atoms. The normalized spacial score (nSPS) is 11.2. The van der Waals surface area contributed by atoms with Gasteiger partial charge in [0, 0.05) is 11.1 Å². The number of hydrogen-bond donors (Lipinski definition) is 1. The first-order chi connectivity index (χ1) is 9.60. The Balaban J connectivity index is 2.35. The lowest BCUT2D eigenvalue weighted by Crippen LogP contribution is -2.05. The minimum absolute atomic E-state index is 0.526. The van der Waals surface area contributed by atoms with Crippen LogP contribution >= 0.6 is 0 Å². The van der Waals surface area contributed by atoms with E-state index in [0.717, 1.165) is 36.4 Å². The summed E-state index contributed by atoms with van der Waals surface area (Å²) in [5, 5.41) is 1.19. The Kier molecular flexibility index (Phi) is 4.96. The molecule has 3 heteroatoms. The van der Waals surface area contributed by atoms with Crippen LogP contribution in [0.15, 0.2) is 24.3 Å². The maximum absolute atomic E-state index is 5.81. The van der Waals surface area contributed by atoms with Crippen LogP contribution in [-0.2, 0) is 6.42 Å². The summed E-state index contributed by atoms with van der Waals surface area (Å²) in [7, 11) is 0. The van der Waals surface area contributed by atoms with Crippen molar-refractivity contribution in [3.8, 4) is 5.75 Å². The van der Waals surface area contributed by atoms with Crippen molar-refractivity contribution >= 4 is 10.9 Å². The molecule has 0 bridgehead atoms. The van der Waals surface area contributed by atoms with Gasteiger partial charge in [-0.2, -0.15) is 0 Å². The molecule has 2 aromatic rings. The maximum atomic E-state index is 5.81. The molecule has 1 aromatic carbocycles. The molecule has 20 heavy (non-hydrogen) atoms. The highest BCUT2D eigenvalue weighted by atomic mass is 16.5. The SMILES string of the molecule is Cc1cc(CCCN)c2cc(OCC(C)C)ccc2n1. The van der Waals surface area contributed by atoms with Crippen LogP contribution in [0, 0.1) is 12.8 Å². The van der Waals surface area contributed by atoms with Gasteiger partial charge in [0.1, 0.15) is 5.75 Å². The molecule has 0 saturated carbocycles. The number of fused-ring (bicyclic) bond motifs is 1. The third kappa shape index (κ3) is 3.70. The second-order valence-corrected chi connectivity index (χ2v) is 5.70. The fourth-order valence-corrected chi connectivity index (χ4v) is 2.27. The minimum Gasteiger partial charge on any atom is -0.493 e. The van der Waals surface area contributed by atoms with Crippen molar-refractivity contribution in [3.05, 3.63) is 35.5 Å². The standard InChI is InChI=1S/C17H24N2O/c1-12(2)11-20-15-6-7-17-16(10-15)14(5-4-8-18)9-13(3)19-17/h6-7,9-10,12H,4-5,8,11,18H2,1-3H3. The van der Waals surface area contributed by atoms with E-state index in [1.54, 1.807) is 0 Å². The second kappa shape index (κ2) is 6.71. The molecule has 0 unspecified atom stereocenters. The molecule has 2 N–H and O–H groups in total. The van der Waals surface area contributed by atoms with Crippen molar-refractivity contribution < 1.29 is 4.74 Å². The molecule has 0 atom stereocenters. The first-order valence-electron chi connectivity index (χ1n) is 7.33. The Morgan fingerprint density at radius 3 is 2.75 bits per heavy atom. The van der Waals surface area contributed by atoms with Crippen LogP contribution in [0.4, 0.5) is 0 Å². The zero-order valence-electron chi connectivity index (χ0n) is 12.6. The van der Waals surface area contributed by atoms with Gasteiger partial charge < -0.3 is 10.5 Å². The van der Waals surface area contributed by atoms with Gasteiger partial charge in [0.25, 0.3) is 0 Å². The number of hydrogen-bond acceptors (Lipinski definition) is 3. The van der Waals surface area contributed by atoms with E-state index in [0.29, 0.717) is 12.5 Å². The molecule has 0 aliphatic heterocycles. The topological polar surface area (TPSA) is 48.1 Å². The van der Waals surface area contributed by atoms with E-state index < -0.39 is 0 Å².